The van der Waals surface area contributed by atoms with Crippen LogP contribution in [0.1, 0.15) is 32.7 Å². The molecule has 0 aromatic carbocycles. The van der Waals surface area contributed by atoms with Gasteiger partial charge in [0.2, 0.25) is 5.91 Å². The number of hydrogen-bond acceptors (Lipinski definition) is 3. The number of hydrogen-bond donors (Lipinski definition) is 2. The highest BCUT2D eigenvalue weighted by Gasteiger charge is 2.28. The van der Waals surface area contributed by atoms with Crippen molar-refractivity contribution in [2.45, 2.75) is 32.7 Å². The molecule has 0 bridgehead atoms. The zero-order valence-electron chi connectivity index (χ0n) is 14.3. The number of nitrogens with zero attached hydrogens (tertiary/aromatic N) is 4. The molecule has 1 aromatic heterocycles. The van der Waals surface area contributed by atoms with Gasteiger partial charge in [-0.25, -0.2) is 4.98 Å². The van der Waals surface area contributed by atoms with Gasteiger partial charge in [0, 0.05) is 39.1 Å². The summed E-state index contributed by atoms with van der Waals surface area (Å²) in [6, 6.07) is 0.374. The third kappa shape index (κ3) is 4.71. The SMILES string of the molecule is CCCNC(=O)CNC(=NC)N1CCC(C)C(n2ccnc2)C1. The average Bonchev–Trinajstić information content (AvgIpc) is 3.09. The Kier molecular flexibility index (Phi) is 6.43. The fourth-order valence-corrected chi connectivity index (χ4v) is 2.91. The van der Waals surface area contributed by atoms with E-state index < -0.39 is 0 Å². The fraction of sp³-hybridized carbons (Fsp3) is 0.688. The Morgan fingerprint density at radius 3 is 2.91 bits per heavy atom. The minimum absolute atomic E-state index is 0.00420. The number of imidazole rings is 1. The molecule has 128 valence electrons. The van der Waals surface area contributed by atoms with E-state index in [1.807, 2.05) is 25.6 Å². The molecule has 7 nitrogen and oxygen atoms in total. The molecule has 7 heteroatoms. The Hall–Kier alpha value is -2.05. The Bertz CT molecular complexity index is 513. The van der Waals surface area contributed by atoms with Crippen LogP contribution in [0.5, 0.6) is 0 Å². The molecule has 23 heavy (non-hydrogen) atoms. The highest BCUT2D eigenvalue weighted by Crippen LogP contribution is 2.27. The van der Waals surface area contributed by atoms with E-state index in [2.05, 4.69) is 37.0 Å². The molecule has 0 saturated carbocycles. The largest absolute Gasteiger partial charge is 0.355 e. The van der Waals surface area contributed by atoms with Crippen LogP contribution in [0.2, 0.25) is 0 Å². The maximum Gasteiger partial charge on any atom is 0.239 e. The van der Waals surface area contributed by atoms with E-state index in [-0.39, 0.29) is 12.5 Å². The van der Waals surface area contributed by atoms with Gasteiger partial charge in [0.15, 0.2) is 5.96 Å². The highest BCUT2D eigenvalue weighted by molar-refractivity contribution is 5.86. The quantitative estimate of drug-likeness (QED) is 0.623. The predicted molar refractivity (Wildman–Crippen MR) is 91.3 cm³/mol. The second-order valence-electron chi connectivity index (χ2n) is 6.04. The van der Waals surface area contributed by atoms with Gasteiger partial charge in [0.1, 0.15) is 0 Å². The predicted octanol–water partition coefficient (Wildman–Crippen LogP) is 0.868. The molecule has 1 aromatic rings. The first kappa shape index (κ1) is 17.3. The molecule has 1 fully saturated rings. The fourth-order valence-electron chi connectivity index (χ4n) is 2.91. The van der Waals surface area contributed by atoms with Crippen molar-refractivity contribution in [2.75, 3.05) is 33.2 Å². The minimum Gasteiger partial charge on any atom is -0.355 e. The number of carbonyl (C=O) groups is 1. The smallest absolute Gasteiger partial charge is 0.239 e. The van der Waals surface area contributed by atoms with Crippen molar-refractivity contribution in [2.24, 2.45) is 10.9 Å². The van der Waals surface area contributed by atoms with Gasteiger partial charge in [0.25, 0.3) is 0 Å². The highest BCUT2D eigenvalue weighted by atomic mass is 16.1. The number of likely N-dealkylation sites (tertiary alicyclic amines) is 1. The number of guanidine groups is 1. The van der Waals surface area contributed by atoms with Gasteiger partial charge in [-0.15, -0.1) is 0 Å². The maximum absolute atomic E-state index is 11.7. The van der Waals surface area contributed by atoms with Crippen molar-refractivity contribution in [3.05, 3.63) is 18.7 Å². The summed E-state index contributed by atoms with van der Waals surface area (Å²) >= 11 is 0. The number of aromatic nitrogens is 2. The molecule has 2 atom stereocenters. The van der Waals surface area contributed by atoms with Crippen LogP contribution in [0.25, 0.3) is 0 Å². The molecule has 2 unspecified atom stereocenters. The molecule has 2 rings (SSSR count). The molecule has 2 heterocycles. The van der Waals surface area contributed by atoms with Gasteiger partial charge in [-0.05, 0) is 18.8 Å². The van der Waals surface area contributed by atoms with Gasteiger partial charge in [-0.3, -0.25) is 9.79 Å². The lowest BCUT2D eigenvalue weighted by molar-refractivity contribution is -0.120. The second kappa shape index (κ2) is 8.55. The summed E-state index contributed by atoms with van der Waals surface area (Å²) in [5.41, 5.74) is 0. The van der Waals surface area contributed by atoms with E-state index in [4.69, 9.17) is 0 Å². The third-order valence-corrected chi connectivity index (χ3v) is 4.32. The van der Waals surface area contributed by atoms with E-state index in [0.29, 0.717) is 18.5 Å². The average molecular weight is 320 g/mol. The van der Waals surface area contributed by atoms with Crippen LogP contribution in [0.15, 0.2) is 23.7 Å². The Morgan fingerprint density at radius 1 is 1.43 bits per heavy atom. The molecule has 1 amide bonds. The van der Waals surface area contributed by atoms with Crippen LogP contribution < -0.4 is 10.6 Å². The van der Waals surface area contributed by atoms with Crippen LogP contribution in [0, 0.1) is 5.92 Å². The van der Waals surface area contributed by atoms with Gasteiger partial charge < -0.3 is 20.1 Å². The first-order valence-electron chi connectivity index (χ1n) is 8.35. The lowest BCUT2D eigenvalue weighted by Crippen LogP contribution is -2.50. The number of amides is 1. The van der Waals surface area contributed by atoms with E-state index in [9.17, 15) is 4.79 Å². The zero-order valence-corrected chi connectivity index (χ0v) is 14.3. The van der Waals surface area contributed by atoms with Crippen LogP contribution in [0.4, 0.5) is 0 Å². The van der Waals surface area contributed by atoms with Crippen LogP contribution >= 0.6 is 0 Å². The molecule has 1 saturated heterocycles. The van der Waals surface area contributed by atoms with E-state index in [1.54, 1.807) is 7.05 Å². The van der Waals surface area contributed by atoms with Crippen molar-refractivity contribution in [1.29, 1.82) is 0 Å². The normalized spacial score (nSPS) is 22.0. The topological polar surface area (TPSA) is 74.6 Å². The molecule has 0 radical (unpaired) electrons. The van der Waals surface area contributed by atoms with Crippen LogP contribution in [-0.4, -0.2) is 59.5 Å². The maximum atomic E-state index is 11.7. The van der Waals surface area contributed by atoms with Gasteiger partial charge >= 0.3 is 0 Å². The number of nitrogens with one attached hydrogen (secondary N) is 2. The van der Waals surface area contributed by atoms with Crippen molar-refractivity contribution < 1.29 is 4.79 Å². The molecule has 1 aliphatic rings. The summed E-state index contributed by atoms with van der Waals surface area (Å²) in [6.07, 6.45) is 7.73. The van der Waals surface area contributed by atoms with E-state index >= 15 is 0 Å². The lowest BCUT2D eigenvalue weighted by Gasteiger charge is -2.39. The monoisotopic (exact) mass is 320 g/mol. The van der Waals surface area contributed by atoms with Crippen molar-refractivity contribution in [3.63, 3.8) is 0 Å². The Labute approximate surface area is 138 Å². The van der Waals surface area contributed by atoms with Crippen LogP contribution in [-0.2, 0) is 4.79 Å². The third-order valence-electron chi connectivity index (χ3n) is 4.32. The van der Waals surface area contributed by atoms with Gasteiger partial charge in [-0.2, -0.15) is 0 Å². The first-order valence-corrected chi connectivity index (χ1v) is 8.35. The first-order chi connectivity index (χ1) is 11.2. The number of aliphatic imine (C=N–C) groups is 1. The van der Waals surface area contributed by atoms with Crippen molar-refractivity contribution in [3.8, 4) is 0 Å². The Morgan fingerprint density at radius 2 is 2.26 bits per heavy atom. The molecule has 1 aliphatic heterocycles. The number of piperidine rings is 1. The summed E-state index contributed by atoms with van der Waals surface area (Å²) in [4.78, 5) is 22.5. The lowest BCUT2D eigenvalue weighted by atomic mass is 9.93. The summed E-state index contributed by atoms with van der Waals surface area (Å²) in [7, 11) is 1.76. The zero-order chi connectivity index (χ0) is 16.7. The summed E-state index contributed by atoms with van der Waals surface area (Å²) < 4.78 is 2.16. The van der Waals surface area contributed by atoms with Gasteiger partial charge in [-0.1, -0.05) is 13.8 Å². The molecular formula is C16H28N6O. The summed E-state index contributed by atoms with van der Waals surface area (Å²) in [5.74, 6) is 1.38. The van der Waals surface area contributed by atoms with Gasteiger partial charge in [0.05, 0.1) is 18.9 Å². The molecule has 0 spiro atoms. The van der Waals surface area contributed by atoms with Crippen LogP contribution in [0.3, 0.4) is 0 Å². The van der Waals surface area contributed by atoms with Crippen molar-refractivity contribution >= 4 is 11.9 Å². The second-order valence-corrected chi connectivity index (χ2v) is 6.04. The minimum atomic E-state index is 0.00420. The molecule has 2 N–H and O–H groups in total. The summed E-state index contributed by atoms with van der Waals surface area (Å²) in [6.45, 7) is 7.10. The van der Waals surface area contributed by atoms with E-state index in [1.165, 1.54) is 0 Å². The summed E-state index contributed by atoms with van der Waals surface area (Å²) in [5, 5.41) is 6.03. The Balaban J connectivity index is 1.92. The standard InChI is InChI=1S/C16H28N6O/c1-4-6-19-15(23)10-20-16(17-3)21-8-5-13(2)14(11-21)22-9-7-18-12-22/h7,9,12-14H,4-6,8,10-11H2,1-3H3,(H,17,20)(H,19,23). The molecular weight excluding hydrogens is 292 g/mol. The van der Waals surface area contributed by atoms with E-state index in [0.717, 1.165) is 31.9 Å². The number of carbonyl (C=O) groups excluding carboxylic acids is 1. The molecule has 0 aliphatic carbocycles. The number of rotatable bonds is 5. The van der Waals surface area contributed by atoms with Crippen molar-refractivity contribution in [1.82, 2.24) is 25.1 Å².